The zero-order chi connectivity index (χ0) is 9.68. The van der Waals surface area contributed by atoms with Crippen LogP contribution in [-0.2, 0) is 4.74 Å². The summed E-state index contributed by atoms with van der Waals surface area (Å²) in [5, 5.41) is 5.40. The van der Waals surface area contributed by atoms with Crippen molar-refractivity contribution >= 4 is 17.3 Å². The van der Waals surface area contributed by atoms with Crippen LogP contribution in [-0.4, -0.2) is 29.1 Å². The number of carbonyl (C=O) groups is 1. The van der Waals surface area contributed by atoms with Gasteiger partial charge in [-0.2, -0.15) is 0 Å². The monoisotopic (exact) mass is 200 g/mol. The quantitative estimate of drug-likeness (QED) is 0.674. The minimum absolute atomic E-state index is 0.0381. The molecular weight excluding hydrogens is 188 g/mol. The molecule has 0 radical (unpaired) electrons. The van der Waals surface area contributed by atoms with Crippen molar-refractivity contribution in [3.8, 4) is 0 Å². The van der Waals surface area contributed by atoms with Crippen LogP contribution in [0.1, 0.15) is 23.8 Å². The summed E-state index contributed by atoms with van der Waals surface area (Å²) >= 11 is 1.20. The molecule has 0 N–H and O–H groups in total. The van der Waals surface area contributed by atoms with Gasteiger partial charge in [0.15, 0.2) is 5.78 Å². The Labute approximate surface area is 81.1 Å². The van der Waals surface area contributed by atoms with Gasteiger partial charge in [-0.1, -0.05) is 11.4 Å². The van der Waals surface area contributed by atoms with Gasteiger partial charge in [0, 0.05) is 25.0 Å². The van der Waals surface area contributed by atoms with Crippen molar-refractivity contribution in [3.05, 3.63) is 11.1 Å². The molecule has 0 saturated heterocycles. The van der Waals surface area contributed by atoms with Crippen LogP contribution in [0.2, 0.25) is 0 Å². The molecule has 0 amide bonds. The maximum absolute atomic E-state index is 11.6. The Hall–Kier alpha value is -0.810. The second-order valence-corrected chi connectivity index (χ2v) is 3.45. The Kier molecular flexibility index (Phi) is 3.98. The van der Waals surface area contributed by atoms with E-state index in [2.05, 4.69) is 9.59 Å². The third-order valence-corrected chi connectivity index (χ3v) is 2.32. The highest BCUT2D eigenvalue weighted by Gasteiger charge is 2.16. The molecule has 0 saturated carbocycles. The van der Waals surface area contributed by atoms with E-state index in [9.17, 15) is 4.79 Å². The number of hydrogen-bond donors (Lipinski definition) is 0. The van der Waals surface area contributed by atoms with E-state index in [0.717, 1.165) is 6.42 Å². The molecule has 1 rings (SSSR count). The Balaban J connectivity index is 2.48. The van der Waals surface area contributed by atoms with Crippen LogP contribution in [0.15, 0.2) is 5.38 Å². The lowest BCUT2D eigenvalue weighted by molar-refractivity contribution is 0.0888. The molecule has 1 aromatic heterocycles. The third kappa shape index (κ3) is 2.86. The molecular formula is C8H12N2O2S. The molecule has 0 fully saturated rings. The molecule has 0 aliphatic carbocycles. The zero-order valence-electron chi connectivity index (χ0n) is 7.69. The highest BCUT2D eigenvalue weighted by molar-refractivity contribution is 7.03. The van der Waals surface area contributed by atoms with Crippen molar-refractivity contribution in [1.29, 1.82) is 0 Å². The molecule has 1 atom stereocenters. The molecule has 0 spiro atoms. The first-order chi connectivity index (χ1) is 6.25. The molecule has 0 aliphatic rings. The first-order valence-electron chi connectivity index (χ1n) is 4.06. The van der Waals surface area contributed by atoms with Crippen LogP contribution >= 0.6 is 11.5 Å². The summed E-state index contributed by atoms with van der Waals surface area (Å²) in [6.45, 7) is 2.48. The first-order valence-corrected chi connectivity index (χ1v) is 4.89. The lowest BCUT2D eigenvalue weighted by Gasteiger charge is -2.06. The van der Waals surface area contributed by atoms with Gasteiger partial charge in [-0.3, -0.25) is 4.79 Å². The molecule has 13 heavy (non-hydrogen) atoms. The van der Waals surface area contributed by atoms with Crippen molar-refractivity contribution in [1.82, 2.24) is 9.59 Å². The fourth-order valence-electron chi connectivity index (χ4n) is 0.950. The van der Waals surface area contributed by atoms with E-state index in [0.29, 0.717) is 12.3 Å². The van der Waals surface area contributed by atoms with Crippen LogP contribution in [0.25, 0.3) is 0 Å². The third-order valence-electron chi connectivity index (χ3n) is 1.82. The number of carbonyl (C=O) groups excluding carboxylic acids is 1. The van der Waals surface area contributed by atoms with Crippen molar-refractivity contribution in [2.75, 3.05) is 13.7 Å². The summed E-state index contributed by atoms with van der Waals surface area (Å²) < 4.78 is 8.54. The normalized spacial score (nSPS) is 12.8. The Bertz CT molecular complexity index is 261. The highest BCUT2D eigenvalue weighted by Crippen LogP contribution is 2.10. The Morgan fingerprint density at radius 1 is 1.77 bits per heavy atom. The summed E-state index contributed by atoms with van der Waals surface area (Å²) in [6, 6.07) is 0. The molecule has 0 aliphatic heterocycles. The molecule has 72 valence electrons. The summed E-state index contributed by atoms with van der Waals surface area (Å²) in [4.78, 5) is 11.6. The molecule has 0 bridgehead atoms. The number of Topliss-reactive ketones (excluding diaryl/α,β-unsaturated/α-hetero) is 1. The van der Waals surface area contributed by atoms with Crippen LogP contribution < -0.4 is 0 Å². The summed E-state index contributed by atoms with van der Waals surface area (Å²) in [5.74, 6) is 0.00894. The largest absolute Gasteiger partial charge is 0.385 e. The Morgan fingerprint density at radius 3 is 3.08 bits per heavy atom. The van der Waals surface area contributed by atoms with Gasteiger partial charge >= 0.3 is 0 Å². The molecule has 4 nitrogen and oxygen atoms in total. The Morgan fingerprint density at radius 2 is 2.54 bits per heavy atom. The highest BCUT2D eigenvalue weighted by atomic mass is 32.1. The van der Waals surface area contributed by atoms with Crippen molar-refractivity contribution in [2.24, 2.45) is 5.92 Å². The van der Waals surface area contributed by atoms with Gasteiger partial charge in [0.25, 0.3) is 0 Å². The number of rotatable bonds is 5. The molecule has 1 unspecified atom stereocenters. The number of ether oxygens (including phenoxy) is 1. The van der Waals surface area contributed by atoms with Crippen molar-refractivity contribution in [2.45, 2.75) is 13.3 Å². The molecule has 5 heteroatoms. The minimum atomic E-state index is -0.0381. The predicted octanol–water partition coefficient (Wildman–Crippen LogP) is 1.39. The number of ketones is 1. The smallest absolute Gasteiger partial charge is 0.186 e. The second kappa shape index (κ2) is 5.04. The fourth-order valence-corrected chi connectivity index (χ4v) is 1.40. The lowest BCUT2D eigenvalue weighted by Crippen LogP contribution is -2.13. The molecule has 1 aromatic rings. The molecule has 0 aromatic carbocycles. The van der Waals surface area contributed by atoms with E-state index in [-0.39, 0.29) is 11.7 Å². The number of aromatic nitrogens is 2. The predicted molar refractivity (Wildman–Crippen MR) is 49.9 cm³/mol. The average molecular weight is 200 g/mol. The second-order valence-electron chi connectivity index (χ2n) is 2.84. The topological polar surface area (TPSA) is 52.1 Å². The van der Waals surface area contributed by atoms with E-state index < -0.39 is 0 Å². The SMILES string of the molecule is COCCC(C)C(=O)c1csnn1. The van der Waals surface area contributed by atoms with Crippen LogP contribution in [0.5, 0.6) is 0 Å². The minimum Gasteiger partial charge on any atom is -0.385 e. The lowest BCUT2D eigenvalue weighted by atomic mass is 10.0. The van der Waals surface area contributed by atoms with Gasteiger partial charge in [0.1, 0.15) is 5.69 Å². The van der Waals surface area contributed by atoms with Crippen LogP contribution in [0, 0.1) is 5.92 Å². The summed E-state index contributed by atoms with van der Waals surface area (Å²) in [5.41, 5.74) is 0.466. The van der Waals surface area contributed by atoms with Crippen molar-refractivity contribution < 1.29 is 9.53 Å². The van der Waals surface area contributed by atoms with E-state index >= 15 is 0 Å². The first kappa shape index (κ1) is 10.3. The van der Waals surface area contributed by atoms with Crippen LogP contribution in [0.4, 0.5) is 0 Å². The van der Waals surface area contributed by atoms with Crippen LogP contribution in [0.3, 0.4) is 0 Å². The van der Waals surface area contributed by atoms with Gasteiger partial charge in [0.2, 0.25) is 0 Å². The maximum atomic E-state index is 11.6. The van der Waals surface area contributed by atoms with E-state index in [1.54, 1.807) is 12.5 Å². The van der Waals surface area contributed by atoms with Gasteiger partial charge in [-0.05, 0) is 18.0 Å². The zero-order valence-corrected chi connectivity index (χ0v) is 8.50. The number of hydrogen-bond acceptors (Lipinski definition) is 5. The summed E-state index contributed by atoms with van der Waals surface area (Å²) in [7, 11) is 1.63. The number of methoxy groups -OCH3 is 1. The summed E-state index contributed by atoms with van der Waals surface area (Å²) in [6.07, 6.45) is 0.729. The van der Waals surface area contributed by atoms with Gasteiger partial charge in [0.05, 0.1) is 0 Å². The van der Waals surface area contributed by atoms with E-state index in [1.165, 1.54) is 11.5 Å². The van der Waals surface area contributed by atoms with Gasteiger partial charge < -0.3 is 4.74 Å². The van der Waals surface area contributed by atoms with Crippen molar-refractivity contribution in [3.63, 3.8) is 0 Å². The fraction of sp³-hybridized carbons (Fsp3) is 0.625. The van der Waals surface area contributed by atoms with E-state index in [1.807, 2.05) is 6.92 Å². The average Bonchev–Trinajstić information content (AvgIpc) is 2.65. The molecule has 1 heterocycles. The standard InChI is InChI=1S/C8H12N2O2S/c1-6(3-4-12-2)8(11)7-5-13-10-9-7/h5-6H,3-4H2,1-2H3. The van der Waals surface area contributed by atoms with E-state index in [4.69, 9.17) is 4.74 Å². The van der Waals surface area contributed by atoms with Gasteiger partial charge in [-0.25, -0.2) is 0 Å². The number of nitrogens with zero attached hydrogens (tertiary/aromatic N) is 2. The maximum Gasteiger partial charge on any atom is 0.186 e. The van der Waals surface area contributed by atoms with Gasteiger partial charge in [-0.15, -0.1) is 5.10 Å².